The van der Waals surface area contributed by atoms with Crippen LogP contribution >= 0.6 is 0 Å². The number of rotatable bonds is 7. The highest BCUT2D eigenvalue weighted by atomic mass is 32.2. The van der Waals surface area contributed by atoms with Crippen molar-refractivity contribution in [2.24, 2.45) is 5.92 Å². The maximum Gasteiger partial charge on any atom is 0.240 e. The first kappa shape index (κ1) is 17.5. The van der Waals surface area contributed by atoms with Gasteiger partial charge in [-0.25, -0.2) is 13.1 Å². The second kappa shape index (κ2) is 7.14. The summed E-state index contributed by atoms with van der Waals surface area (Å²) in [6.07, 6.45) is 3.75. The number of hydrogen-bond donors (Lipinski definition) is 2. The Bertz CT molecular complexity index is 753. The predicted octanol–water partition coefficient (Wildman–Crippen LogP) is 2.62. The van der Waals surface area contributed by atoms with Crippen molar-refractivity contribution in [1.82, 2.24) is 14.5 Å². The molecule has 0 aliphatic rings. The fraction of sp³-hybridized carbons (Fsp3) is 0.438. The van der Waals surface area contributed by atoms with Crippen LogP contribution in [0, 0.1) is 5.92 Å². The van der Waals surface area contributed by atoms with Crippen LogP contribution in [0.5, 0.6) is 0 Å². The molecule has 126 valence electrons. The van der Waals surface area contributed by atoms with Gasteiger partial charge in [0.2, 0.25) is 10.0 Å². The molecule has 6 nitrogen and oxygen atoms in total. The van der Waals surface area contributed by atoms with Gasteiger partial charge in [-0.15, -0.1) is 0 Å². The third kappa shape index (κ3) is 4.56. The number of aromatic nitrogens is 2. The molecule has 2 rings (SSSR count). The van der Waals surface area contributed by atoms with Gasteiger partial charge in [-0.3, -0.25) is 4.68 Å². The second-order valence-corrected chi connectivity index (χ2v) is 7.88. The van der Waals surface area contributed by atoms with Gasteiger partial charge in [0, 0.05) is 18.8 Å². The Morgan fingerprint density at radius 1 is 1.26 bits per heavy atom. The summed E-state index contributed by atoms with van der Waals surface area (Å²) in [5.41, 5.74) is 1.82. The summed E-state index contributed by atoms with van der Waals surface area (Å²) in [6, 6.07) is 6.90. The average molecular weight is 336 g/mol. The van der Waals surface area contributed by atoms with Crippen molar-refractivity contribution < 1.29 is 8.42 Å². The lowest BCUT2D eigenvalue weighted by atomic mass is 10.1. The standard InChI is InChI=1S/C16H24N4O2S/c1-12(2)10-20-11-15(9-18-20)19-13(3)14-6-5-7-16(8-14)23(21,22)17-4/h5-9,11-13,17,19H,10H2,1-4H3/t13-/m1/s1. The molecule has 2 aromatic rings. The highest BCUT2D eigenvalue weighted by molar-refractivity contribution is 7.89. The molecule has 0 bridgehead atoms. The Morgan fingerprint density at radius 2 is 2.00 bits per heavy atom. The van der Waals surface area contributed by atoms with E-state index in [0.717, 1.165) is 17.8 Å². The van der Waals surface area contributed by atoms with Gasteiger partial charge in [-0.2, -0.15) is 5.10 Å². The molecule has 0 spiro atoms. The zero-order valence-electron chi connectivity index (χ0n) is 13.9. The van der Waals surface area contributed by atoms with Gasteiger partial charge in [0.25, 0.3) is 0 Å². The molecule has 7 heteroatoms. The normalized spacial score (nSPS) is 13.3. The number of hydrogen-bond acceptors (Lipinski definition) is 4. The summed E-state index contributed by atoms with van der Waals surface area (Å²) in [6.45, 7) is 7.15. The fourth-order valence-corrected chi connectivity index (χ4v) is 3.10. The molecular formula is C16H24N4O2S. The summed E-state index contributed by atoms with van der Waals surface area (Å²) in [7, 11) is -2.02. The summed E-state index contributed by atoms with van der Waals surface area (Å²) in [5.74, 6) is 0.531. The van der Waals surface area contributed by atoms with E-state index in [4.69, 9.17) is 0 Å². The Morgan fingerprint density at radius 3 is 2.65 bits per heavy atom. The van der Waals surface area contributed by atoms with E-state index in [1.54, 1.807) is 24.4 Å². The van der Waals surface area contributed by atoms with Gasteiger partial charge >= 0.3 is 0 Å². The predicted molar refractivity (Wildman–Crippen MR) is 91.8 cm³/mol. The van der Waals surface area contributed by atoms with E-state index < -0.39 is 10.0 Å². The SMILES string of the molecule is CNS(=O)(=O)c1cccc([C@@H](C)Nc2cnn(CC(C)C)c2)c1. The Hall–Kier alpha value is -1.86. The van der Waals surface area contributed by atoms with Crippen molar-refractivity contribution in [3.63, 3.8) is 0 Å². The van der Waals surface area contributed by atoms with Crippen LogP contribution in [-0.4, -0.2) is 25.2 Å². The summed E-state index contributed by atoms with van der Waals surface area (Å²) >= 11 is 0. The molecule has 0 amide bonds. The zero-order valence-corrected chi connectivity index (χ0v) is 14.8. The van der Waals surface area contributed by atoms with Crippen molar-refractivity contribution in [1.29, 1.82) is 0 Å². The molecule has 1 atom stereocenters. The lowest BCUT2D eigenvalue weighted by Gasteiger charge is -2.15. The van der Waals surface area contributed by atoms with Crippen LogP contribution in [0.15, 0.2) is 41.6 Å². The van der Waals surface area contributed by atoms with Crippen molar-refractivity contribution in [2.75, 3.05) is 12.4 Å². The van der Waals surface area contributed by atoms with E-state index in [-0.39, 0.29) is 10.9 Å². The smallest absolute Gasteiger partial charge is 0.240 e. The van der Waals surface area contributed by atoms with Gasteiger partial charge in [-0.05, 0) is 37.6 Å². The second-order valence-electron chi connectivity index (χ2n) is 5.99. The molecule has 1 aromatic heterocycles. The molecule has 0 saturated heterocycles. The third-order valence-corrected chi connectivity index (χ3v) is 4.92. The van der Waals surface area contributed by atoms with Crippen molar-refractivity contribution >= 4 is 15.7 Å². The molecule has 0 unspecified atom stereocenters. The van der Waals surface area contributed by atoms with Gasteiger partial charge in [0.15, 0.2) is 0 Å². The average Bonchev–Trinajstić information content (AvgIpc) is 2.93. The Kier molecular flexibility index (Phi) is 5.43. The van der Waals surface area contributed by atoms with E-state index in [1.165, 1.54) is 7.05 Å². The molecule has 0 aliphatic heterocycles. The Balaban J connectivity index is 2.13. The van der Waals surface area contributed by atoms with Crippen LogP contribution in [0.1, 0.15) is 32.4 Å². The van der Waals surface area contributed by atoms with E-state index in [9.17, 15) is 8.42 Å². The number of nitrogens with zero attached hydrogens (tertiary/aromatic N) is 2. The van der Waals surface area contributed by atoms with Crippen LogP contribution in [0.4, 0.5) is 5.69 Å². The molecule has 1 aromatic carbocycles. The van der Waals surface area contributed by atoms with Crippen LogP contribution in [0.25, 0.3) is 0 Å². The van der Waals surface area contributed by atoms with Crippen LogP contribution in [0.3, 0.4) is 0 Å². The lowest BCUT2D eigenvalue weighted by molar-refractivity contribution is 0.483. The first-order valence-corrected chi connectivity index (χ1v) is 9.12. The molecule has 2 N–H and O–H groups in total. The van der Waals surface area contributed by atoms with E-state index in [2.05, 4.69) is 29.0 Å². The van der Waals surface area contributed by atoms with Gasteiger partial charge in [-0.1, -0.05) is 26.0 Å². The highest BCUT2D eigenvalue weighted by Crippen LogP contribution is 2.21. The van der Waals surface area contributed by atoms with E-state index >= 15 is 0 Å². The van der Waals surface area contributed by atoms with Crippen LogP contribution in [0.2, 0.25) is 0 Å². The maximum absolute atomic E-state index is 11.9. The third-order valence-electron chi connectivity index (χ3n) is 3.51. The molecule has 0 aliphatic carbocycles. The summed E-state index contributed by atoms with van der Waals surface area (Å²) in [4.78, 5) is 0.265. The Labute approximate surface area is 138 Å². The lowest BCUT2D eigenvalue weighted by Crippen LogP contribution is -2.19. The minimum absolute atomic E-state index is 0.0290. The number of sulfonamides is 1. The van der Waals surface area contributed by atoms with Gasteiger partial charge < -0.3 is 5.32 Å². The minimum Gasteiger partial charge on any atom is -0.376 e. The van der Waals surface area contributed by atoms with Crippen LogP contribution in [-0.2, 0) is 16.6 Å². The molecule has 23 heavy (non-hydrogen) atoms. The monoisotopic (exact) mass is 336 g/mol. The van der Waals surface area contributed by atoms with Crippen molar-refractivity contribution in [3.8, 4) is 0 Å². The van der Waals surface area contributed by atoms with Gasteiger partial charge in [0.1, 0.15) is 0 Å². The first-order chi connectivity index (χ1) is 10.8. The molecule has 1 heterocycles. The topological polar surface area (TPSA) is 76.0 Å². The number of anilines is 1. The number of nitrogens with one attached hydrogen (secondary N) is 2. The summed E-state index contributed by atoms with van der Waals surface area (Å²) in [5, 5.41) is 7.67. The molecule has 0 saturated carbocycles. The quantitative estimate of drug-likeness (QED) is 0.815. The highest BCUT2D eigenvalue weighted by Gasteiger charge is 2.14. The maximum atomic E-state index is 11.9. The van der Waals surface area contributed by atoms with Crippen molar-refractivity contribution in [3.05, 3.63) is 42.2 Å². The van der Waals surface area contributed by atoms with E-state index in [1.807, 2.05) is 23.9 Å². The molecule has 0 fully saturated rings. The van der Waals surface area contributed by atoms with Crippen LogP contribution < -0.4 is 10.0 Å². The summed E-state index contributed by atoms with van der Waals surface area (Å²) < 4.78 is 28.0. The molecular weight excluding hydrogens is 312 g/mol. The zero-order chi connectivity index (χ0) is 17.0. The largest absolute Gasteiger partial charge is 0.376 e. The van der Waals surface area contributed by atoms with Crippen molar-refractivity contribution in [2.45, 2.75) is 38.3 Å². The number of benzene rings is 1. The van der Waals surface area contributed by atoms with E-state index in [0.29, 0.717) is 5.92 Å². The first-order valence-electron chi connectivity index (χ1n) is 7.64. The van der Waals surface area contributed by atoms with Gasteiger partial charge in [0.05, 0.1) is 16.8 Å². The molecule has 0 radical (unpaired) electrons. The minimum atomic E-state index is -3.43. The fourth-order valence-electron chi connectivity index (χ4n) is 2.31.